The molecule has 0 radical (unpaired) electrons. The fourth-order valence-electron chi connectivity index (χ4n) is 2.88. The Kier molecular flexibility index (Phi) is 12.5. The van der Waals surface area contributed by atoms with Crippen molar-refractivity contribution in [1.29, 1.82) is 0 Å². The summed E-state index contributed by atoms with van der Waals surface area (Å²) >= 11 is 0. The van der Waals surface area contributed by atoms with Gasteiger partial charge in [0.1, 0.15) is 18.3 Å². The number of nitrogens with zero attached hydrogens (tertiary/aromatic N) is 3. The van der Waals surface area contributed by atoms with Crippen LogP contribution in [0.15, 0.2) is 17.1 Å². The highest BCUT2D eigenvalue weighted by atomic mass is 31.3. The predicted molar refractivity (Wildman–Crippen MR) is 122 cm³/mol. The molecule has 0 saturated carbocycles. The zero-order valence-corrected chi connectivity index (χ0v) is 22.2. The number of aliphatic hydroxyl groups is 2. The van der Waals surface area contributed by atoms with E-state index >= 15 is 0 Å². The summed E-state index contributed by atoms with van der Waals surface area (Å²) in [5.74, 6) is -0.373. The maximum Gasteiger partial charge on any atom is 0.490 e. The van der Waals surface area contributed by atoms with E-state index in [2.05, 4.69) is 43.8 Å². The van der Waals surface area contributed by atoms with Gasteiger partial charge in [-0.05, 0) is 19.6 Å². The van der Waals surface area contributed by atoms with E-state index in [9.17, 15) is 33.6 Å². The number of aromatic nitrogens is 2. The number of phosphoric acid groups is 3. The molecular formula is C15H31N4O14P3. The minimum absolute atomic E-state index is 0.373. The fraction of sp³-hybridized carbons (Fsp3) is 0.733. The number of nitrogen functional groups attached to an aromatic ring is 1. The van der Waals surface area contributed by atoms with Crippen LogP contribution in [0, 0.1) is 0 Å². The smallest absolute Gasteiger partial charge is 0.387 e. The van der Waals surface area contributed by atoms with Crippen LogP contribution in [-0.2, 0) is 31.6 Å². The van der Waals surface area contributed by atoms with E-state index in [0.29, 0.717) is 0 Å². The molecule has 8 N–H and O–H groups in total. The van der Waals surface area contributed by atoms with Crippen LogP contribution in [0.25, 0.3) is 0 Å². The van der Waals surface area contributed by atoms with E-state index in [1.165, 1.54) is 19.6 Å². The zero-order valence-electron chi connectivity index (χ0n) is 19.5. The molecule has 210 valence electrons. The second kappa shape index (κ2) is 13.6. The Morgan fingerprint density at radius 2 is 1.58 bits per heavy atom. The highest BCUT2D eigenvalue weighted by molar-refractivity contribution is 7.66. The lowest BCUT2D eigenvalue weighted by molar-refractivity contribution is -0.0515. The highest BCUT2D eigenvalue weighted by Crippen LogP contribution is 2.66. The maximum absolute atomic E-state index is 11.7. The lowest BCUT2D eigenvalue weighted by atomic mass is 10.1. The van der Waals surface area contributed by atoms with Crippen LogP contribution in [-0.4, -0.2) is 88.8 Å². The predicted octanol–water partition coefficient (Wildman–Crippen LogP) is -0.864. The molecule has 6 unspecified atom stereocenters. The summed E-state index contributed by atoms with van der Waals surface area (Å²) in [6.45, 7) is 9.13. The molecule has 6 atom stereocenters. The van der Waals surface area contributed by atoms with Crippen molar-refractivity contribution in [3.05, 3.63) is 22.6 Å². The van der Waals surface area contributed by atoms with E-state index in [0.717, 1.165) is 16.8 Å². The largest absolute Gasteiger partial charge is 0.490 e. The topological polar surface area (TPSA) is 274 Å². The first-order valence-corrected chi connectivity index (χ1v) is 14.8. The minimum atomic E-state index is -5.71. The van der Waals surface area contributed by atoms with Gasteiger partial charge in [-0.15, -0.1) is 0 Å². The Morgan fingerprint density at radius 3 is 2.03 bits per heavy atom. The Hall–Kier alpha value is -1.07. The second-order valence-electron chi connectivity index (χ2n) is 7.08. The fourth-order valence-corrected chi connectivity index (χ4v) is 5.91. The average Bonchev–Trinajstić information content (AvgIpc) is 3.00. The zero-order chi connectivity index (χ0) is 27.9. The summed E-state index contributed by atoms with van der Waals surface area (Å²) in [6, 6.07) is 0.984. The van der Waals surface area contributed by atoms with E-state index in [4.69, 9.17) is 25.2 Å². The molecule has 0 bridgehead atoms. The third-order valence-electron chi connectivity index (χ3n) is 4.64. The van der Waals surface area contributed by atoms with Crippen LogP contribution in [0.5, 0.6) is 0 Å². The maximum atomic E-state index is 11.7. The van der Waals surface area contributed by atoms with Crippen molar-refractivity contribution in [3.8, 4) is 0 Å². The van der Waals surface area contributed by atoms with Gasteiger partial charge in [-0.3, -0.25) is 13.9 Å². The summed E-state index contributed by atoms with van der Waals surface area (Å²) in [6.07, 6.45) is -5.15. The molecule has 1 saturated heterocycles. The van der Waals surface area contributed by atoms with Gasteiger partial charge in [0.05, 0.1) is 6.61 Å². The van der Waals surface area contributed by atoms with Crippen LogP contribution in [0.3, 0.4) is 0 Å². The highest BCUT2D eigenvalue weighted by Gasteiger charge is 2.46. The van der Waals surface area contributed by atoms with Gasteiger partial charge in [-0.25, -0.2) is 13.7 Å². The Labute approximate surface area is 205 Å². The lowest BCUT2D eigenvalue weighted by Crippen LogP contribution is -2.34. The molecule has 1 fully saturated rings. The van der Waals surface area contributed by atoms with Crippen molar-refractivity contribution in [3.63, 3.8) is 0 Å². The summed E-state index contributed by atoms with van der Waals surface area (Å²) in [5, 5.41) is 20.0. The van der Waals surface area contributed by atoms with Gasteiger partial charge in [0, 0.05) is 12.3 Å². The Balaban J connectivity index is 0.000000809. The third kappa shape index (κ3) is 10.7. The first-order chi connectivity index (χ1) is 16.4. The Morgan fingerprint density at radius 1 is 1.03 bits per heavy atom. The van der Waals surface area contributed by atoms with Crippen LogP contribution in [0.1, 0.15) is 27.0 Å². The summed E-state index contributed by atoms with van der Waals surface area (Å²) in [5.41, 5.74) is 4.84. The third-order valence-corrected chi connectivity index (χ3v) is 8.44. The van der Waals surface area contributed by atoms with Crippen LogP contribution in [0.4, 0.5) is 5.95 Å². The van der Waals surface area contributed by atoms with E-state index in [1.54, 1.807) is 0 Å². The molecule has 36 heavy (non-hydrogen) atoms. The summed E-state index contributed by atoms with van der Waals surface area (Å²) in [7, 11) is -16.7. The molecular weight excluding hydrogens is 553 g/mol. The second-order valence-corrected chi connectivity index (χ2v) is 11.5. The molecule has 0 spiro atoms. The van der Waals surface area contributed by atoms with Gasteiger partial charge in [-0.2, -0.15) is 13.6 Å². The lowest BCUT2D eigenvalue weighted by Gasteiger charge is -2.20. The first kappa shape index (κ1) is 33.0. The van der Waals surface area contributed by atoms with Crippen molar-refractivity contribution >= 4 is 29.4 Å². The van der Waals surface area contributed by atoms with E-state index < -0.39 is 60.2 Å². The van der Waals surface area contributed by atoms with Gasteiger partial charge >= 0.3 is 23.5 Å². The number of hydrogen-bond acceptors (Lipinski definition) is 13. The number of hydrogen-bond donors (Lipinski definition) is 7. The number of ether oxygens (including phenoxy) is 1. The molecule has 1 aromatic heterocycles. The molecule has 18 nitrogen and oxygen atoms in total. The molecule has 21 heteroatoms. The number of rotatable bonds is 11. The summed E-state index contributed by atoms with van der Waals surface area (Å²) in [4.78, 5) is 52.2. The number of aliphatic hydroxyl groups excluding tert-OH is 2. The van der Waals surface area contributed by atoms with Crippen molar-refractivity contribution in [1.82, 2.24) is 14.5 Å². The van der Waals surface area contributed by atoms with Gasteiger partial charge in [0.2, 0.25) is 5.95 Å². The molecule has 1 aliphatic heterocycles. The van der Waals surface area contributed by atoms with Crippen LogP contribution < -0.4 is 11.3 Å². The van der Waals surface area contributed by atoms with Crippen molar-refractivity contribution in [2.24, 2.45) is 0 Å². The van der Waals surface area contributed by atoms with Gasteiger partial charge in [-0.1, -0.05) is 20.8 Å². The molecule has 2 heterocycles. The first-order valence-electron chi connectivity index (χ1n) is 10.3. The van der Waals surface area contributed by atoms with Gasteiger partial charge in [0.15, 0.2) is 6.23 Å². The normalized spacial score (nSPS) is 25.6. The van der Waals surface area contributed by atoms with E-state index in [-0.39, 0.29) is 5.95 Å². The van der Waals surface area contributed by atoms with Crippen molar-refractivity contribution in [2.75, 3.05) is 32.0 Å². The van der Waals surface area contributed by atoms with E-state index in [1.807, 2.05) is 0 Å². The van der Waals surface area contributed by atoms with Gasteiger partial charge in [0.25, 0.3) is 5.56 Å². The Bertz CT molecular complexity index is 1040. The summed E-state index contributed by atoms with van der Waals surface area (Å²) < 4.78 is 51.1. The molecule has 0 amide bonds. The minimum Gasteiger partial charge on any atom is -0.387 e. The molecule has 1 aromatic rings. The standard InChI is InChI=1S/C9H16N3O14P3.C6H15N/c10-9-11-5(13)1-2-12(9)8-7(15)6(14)4(24-8)3-23-28(19,20)26-29(21,22)25-27(16,17)18;1-4-7(5-2)6-3/h1-2,4,6-8,14-15H,3H2,(H,19,20)(H,21,22)(H2,10,11,13)(H2,16,17,18);4-6H2,1-3H3. The van der Waals surface area contributed by atoms with Crippen molar-refractivity contribution in [2.45, 2.75) is 45.3 Å². The SMILES string of the molecule is CCN(CC)CC.Nc1nc(=O)ccn1C1OC(COP(=O)(O)OP(=O)(O)OP(=O)(O)O)C(O)C1O. The number of anilines is 1. The monoisotopic (exact) mass is 584 g/mol. The molecule has 0 aromatic carbocycles. The molecule has 1 aliphatic rings. The average molecular weight is 584 g/mol. The van der Waals surface area contributed by atoms with Crippen LogP contribution in [0.2, 0.25) is 0 Å². The quantitative estimate of drug-likeness (QED) is 0.156. The molecule has 2 rings (SSSR count). The number of nitrogens with two attached hydrogens (primary N) is 1. The van der Waals surface area contributed by atoms with Crippen LogP contribution >= 0.6 is 23.5 Å². The number of phosphoric ester groups is 1. The molecule has 0 aliphatic carbocycles. The van der Waals surface area contributed by atoms with Crippen molar-refractivity contribution < 1.29 is 61.4 Å². The van der Waals surface area contributed by atoms with Gasteiger partial charge < -0.3 is 45.2 Å².